The second kappa shape index (κ2) is 8.15. The number of nitrogens with zero attached hydrogens (tertiary/aromatic N) is 2. The Morgan fingerprint density at radius 2 is 1.60 bits per heavy atom. The number of anilines is 1. The Kier molecular flexibility index (Phi) is 5.47. The quantitative estimate of drug-likeness (QED) is 0.693. The maximum absolute atomic E-state index is 4.45. The fourth-order valence-electron chi connectivity index (χ4n) is 2.67. The van der Waals surface area contributed by atoms with Crippen LogP contribution in [0.5, 0.6) is 0 Å². The maximum atomic E-state index is 4.45. The van der Waals surface area contributed by atoms with E-state index in [1.165, 1.54) is 11.1 Å². The van der Waals surface area contributed by atoms with Crippen LogP contribution in [0, 0.1) is 0 Å². The first kappa shape index (κ1) is 16.8. The molecule has 1 N–H and O–H groups in total. The normalized spacial score (nSPS) is 10.3. The molecule has 0 saturated carbocycles. The SMILES string of the molecule is C=C(NCc1ccccc1)c1cc(N(C)Cc2ccccc2)ccn1. The first-order valence-electron chi connectivity index (χ1n) is 8.40. The Labute approximate surface area is 149 Å². The number of rotatable bonds is 7. The van der Waals surface area contributed by atoms with Gasteiger partial charge in [-0.15, -0.1) is 0 Å². The molecule has 1 heterocycles. The number of hydrogen-bond donors (Lipinski definition) is 1. The van der Waals surface area contributed by atoms with Gasteiger partial charge in [-0.2, -0.15) is 0 Å². The molecule has 0 aliphatic heterocycles. The summed E-state index contributed by atoms with van der Waals surface area (Å²) in [6.07, 6.45) is 1.83. The summed E-state index contributed by atoms with van der Waals surface area (Å²) in [5.41, 5.74) is 5.33. The lowest BCUT2D eigenvalue weighted by atomic mass is 10.2. The van der Waals surface area contributed by atoms with Crippen LogP contribution in [0.4, 0.5) is 5.69 Å². The standard InChI is InChI=1S/C22H23N3/c1-18(24-16-19-9-5-3-6-10-19)22-15-21(13-14-23-22)25(2)17-20-11-7-4-8-12-20/h3-15,24H,1,16-17H2,2H3. The summed E-state index contributed by atoms with van der Waals surface area (Å²) < 4.78 is 0. The molecule has 0 unspecified atom stereocenters. The van der Waals surface area contributed by atoms with E-state index in [-0.39, 0.29) is 0 Å². The van der Waals surface area contributed by atoms with Crippen LogP contribution >= 0.6 is 0 Å². The molecule has 126 valence electrons. The van der Waals surface area contributed by atoms with Gasteiger partial charge in [0.25, 0.3) is 0 Å². The Morgan fingerprint density at radius 1 is 0.960 bits per heavy atom. The zero-order valence-corrected chi connectivity index (χ0v) is 14.5. The minimum Gasteiger partial charge on any atom is -0.380 e. The summed E-state index contributed by atoms with van der Waals surface area (Å²) in [6.45, 7) is 5.73. The highest BCUT2D eigenvalue weighted by atomic mass is 15.1. The number of aromatic nitrogens is 1. The van der Waals surface area contributed by atoms with Crippen LogP contribution in [0.15, 0.2) is 85.6 Å². The molecule has 3 heteroatoms. The molecule has 0 radical (unpaired) electrons. The Morgan fingerprint density at radius 3 is 2.28 bits per heavy atom. The zero-order chi connectivity index (χ0) is 17.5. The zero-order valence-electron chi connectivity index (χ0n) is 14.5. The third-order valence-electron chi connectivity index (χ3n) is 4.10. The predicted molar refractivity (Wildman–Crippen MR) is 105 cm³/mol. The minimum atomic E-state index is 0.742. The molecule has 1 aromatic heterocycles. The van der Waals surface area contributed by atoms with E-state index in [1.54, 1.807) is 0 Å². The Balaban J connectivity index is 1.65. The number of hydrogen-bond acceptors (Lipinski definition) is 3. The van der Waals surface area contributed by atoms with E-state index in [4.69, 9.17) is 0 Å². The van der Waals surface area contributed by atoms with Crippen molar-refractivity contribution in [3.8, 4) is 0 Å². The van der Waals surface area contributed by atoms with E-state index >= 15 is 0 Å². The minimum absolute atomic E-state index is 0.742. The van der Waals surface area contributed by atoms with Gasteiger partial charge in [0, 0.05) is 32.0 Å². The van der Waals surface area contributed by atoms with Crippen molar-refractivity contribution in [1.82, 2.24) is 10.3 Å². The van der Waals surface area contributed by atoms with E-state index in [1.807, 2.05) is 36.5 Å². The lowest BCUT2D eigenvalue weighted by Gasteiger charge is -2.20. The average molecular weight is 329 g/mol. The van der Waals surface area contributed by atoms with E-state index < -0.39 is 0 Å². The maximum Gasteiger partial charge on any atom is 0.0875 e. The molecular weight excluding hydrogens is 306 g/mol. The van der Waals surface area contributed by atoms with Gasteiger partial charge in [0.1, 0.15) is 0 Å². The second-order valence-corrected chi connectivity index (χ2v) is 6.06. The molecule has 0 aliphatic carbocycles. The Hall–Kier alpha value is -3.07. The molecule has 0 atom stereocenters. The van der Waals surface area contributed by atoms with Gasteiger partial charge in [-0.1, -0.05) is 67.2 Å². The van der Waals surface area contributed by atoms with Gasteiger partial charge in [0.2, 0.25) is 0 Å². The first-order valence-corrected chi connectivity index (χ1v) is 8.40. The van der Waals surface area contributed by atoms with Crippen molar-refractivity contribution in [2.24, 2.45) is 0 Å². The van der Waals surface area contributed by atoms with Crippen LogP contribution < -0.4 is 10.2 Å². The third-order valence-corrected chi connectivity index (χ3v) is 4.10. The summed E-state index contributed by atoms with van der Waals surface area (Å²) in [5.74, 6) is 0. The summed E-state index contributed by atoms with van der Waals surface area (Å²) >= 11 is 0. The number of nitrogens with one attached hydrogen (secondary N) is 1. The van der Waals surface area contributed by atoms with Crippen molar-refractivity contribution >= 4 is 11.4 Å². The van der Waals surface area contributed by atoms with Crippen molar-refractivity contribution in [2.45, 2.75) is 13.1 Å². The van der Waals surface area contributed by atoms with Gasteiger partial charge >= 0.3 is 0 Å². The fraction of sp³-hybridized carbons (Fsp3) is 0.136. The molecule has 25 heavy (non-hydrogen) atoms. The van der Waals surface area contributed by atoms with Gasteiger partial charge in [0.05, 0.1) is 11.4 Å². The lowest BCUT2D eigenvalue weighted by molar-refractivity contribution is 0.882. The van der Waals surface area contributed by atoms with Crippen molar-refractivity contribution in [2.75, 3.05) is 11.9 Å². The lowest BCUT2D eigenvalue weighted by Crippen LogP contribution is -2.17. The van der Waals surface area contributed by atoms with Crippen LogP contribution in [0.25, 0.3) is 5.70 Å². The van der Waals surface area contributed by atoms with Crippen molar-refractivity contribution in [3.05, 3.63) is 102 Å². The molecule has 2 aromatic carbocycles. The van der Waals surface area contributed by atoms with Crippen LogP contribution in [0.1, 0.15) is 16.8 Å². The molecule has 0 aliphatic rings. The topological polar surface area (TPSA) is 28.2 Å². The highest BCUT2D eigenvalue weighted by Gasteiger charge is 2.06. The summed E-state index contributed by atoms with van der Waals surface area (Å²) in [6, 6.07) is 24.8. The van der Waals surface area contributed by atoms with Gasteiger partial charge < -0.3 is 10.2 Å². The summed E-state index contributed by atoms with van der Waals surface area (Å²) in [4.78, 5) is 6.67. The van der Waals surface area contributed by atoms with Gasteiger partial charge in [-0.25, -0.2) is 0 Å². The summed E-state index contributed by atoms with van der Waals surface area (Å²) in [7, 11) is 2.09. The highest BCUT2D eigenvalue weighted by Crippen LogP contribution is 2.18. The molecule has 0 bridgehead atoms. The highest BCUT2D eigenvalue weighted by molar-refractivity contribution is 5.62. The van der Waals surface area contributed by atoms with Gasteiger partial charge in [-0.3, -0.25) is 4.98 Å². The van der Waals surface area contributed by atoms with Crippen LogP contribution in [-0.4, -0.2) is 12.0 Å². The monoisotopic (exact) mass is 329 g/mol. The van der Waals surface area contributed by atoms with Gasteiger partial charge in [0.15, 0.2) is 0 Å². The Bertz CT molecular complexity index is 813. The average Bonchev–Trinajstić information content (AvgIpc) is 2.68. The molecule has 0 saturated heterocycles. The smallest absolute Gasteiger partial charge is 0.0875 e. The van der Waals surface area contributed by atoms with E-state index in [0.29, 0.717) is 0 Å². The van der Waals surface area contributed by atoms with E-state index in [0.717, 1.165) is 30.2 Å². The molecule has 0 fully saturated rings. The van der Waals surface area contributed by atoms with Crippen LogP contribution in [0.3, 0.4) is 0 Å². The van der Waals surface area contributed by atoms with Crippen LogP contribution in [-0.2, 0) is 13.1 Å². The molecule has 0 spiro atoms. The van der Waals surface area contributed by atoms with Crippen molar-refractivity contribution < 1.29 is 0 Å². The predicted octanol–water partition coefficient (Wildman–Crippen LogP) is 4.48. The molecule has 3 aromatic rings. The molecule has 3 nitrogen and oxygen atoms in total. The molecule has 3 rings (SSSR count). The van der Waals surface area contributed by atoms with E-state index in [9.17, 15) is 0 Å². The number of benzene rings is 2. The molecule has 0 amide bonds. The second-order valence-electron chi connectivity index (χ2n) is 6.06. The van der Waals surface area contributed by atoms with Gasteiger partial charge in [-0.05, 0) is 23.3 Å². The third kappa shape index (κ3) is 4.70. The fourth-order valence-corrected chi connectivity index (χ4v) is 2.67. The molecular formula is C22H23N3. The first-order chi connectivity index (χ1) is 12.2. The van der Waals surface area contributed by atoms with Crippen LogP contribution in [0.2, 0.25) is 0 Å². The summed E-state index contributed by atoms with van der Waals surface area (Å²) in [5, 5.41) is 3.36. The largest absolute Gasteiger partial charge is 0.380 e. The van der Waals surface area contributed by atoms with Crippen molar-refractivity contribution in [3.63, 3.8) is 0 Å². The number of pyridine rings is 1. The van der Waals surface area contributed by atoms with E-state index in [2.05, 4.69) is 71.3 Å². The van der Waals surface area contributed by atoms with Crippen molar-refractivity contribution in [1.29, 1.82) is 0 Å².